The molecule has 0 N–H and O–H groups in total. The van der Waals surface area contributed by atoms with Gasteiger partial charge in [-0.25, -0.2) is 14.8 Å². The number of para-hydroxylation sites is 2. The predicted octanol–water partition coefficient (Wildman–Crippen LogP) is 1.42. The predicted molar refractivity (Wildman–Crippen MR) is 57.4 cm³/mol. The Balaban J connectivity index is 2.67. The highest BCUT2D eigenvalue weighted by Gasteiger charge is 2.17. The van der Waals surface area contributed by atoms with Crippen LogP contribution in [0.25, 0.3) is 11.0 Å². The number of hydrogen-bond donors (Lipinski definition) is 0. The zero-order valence-corrected chi connectivity index (χ0v) is 8.93. The summed E-state index contributed by atoms with van der Waals surface area (Å²) in [6.45, 7) is 0. The molecule has 0 bridgehead atoms. The molecule has 0 amide bonds. The van der Waals surface area contributed by atoms with E-state index in [9.17, 15) is 4.79 Å². The van der Waals surface area contributed by atoms with E-state index in [1.165, 1.54) is 14.2 Å². The van der Waals surface area contributed by atoms with Crippen molar-refractivity contribution in [3.8, 4) is 5.88 Å². The van der Waals surface area contributed by atoms with E-state index in [1.807, 2.05) is 12.1 Å². The summed E-state index contributed by atoms with van der Waals surface area (Å²) >= 11 is 0. The molecule has 5 nitrogen and oxygen atoms in total. The minimum absolute atomic E-state index is 0.0868. The normalized spacial score (nSPS) is 10.1. The highest BCUT2D eigenvalue weighted by Crippen LogP contribution is 2.18. The van der Waals surface area contributed by atoms with Crippen molar-refractivity contribution >= 4 is 17.0 Å². The first-order valence-electron chi connectivity index (χ1n) is 4.65. The van der Waals surface area contributed by atoms with Gasteiger partial charge in [0.15, 0.2) is 0 Å². The zero-order valence-electron chi connectivity index (χ0n) is 8.93. The van der Waals surface area contributed by atoms with E-state index < -0.39 is 5.97 Å². The van der Waals surface area contributed by atoms with Crippen molar-refractivity contribution in [1.82, 2.24) is 9.97 Å². The number of aromatic nitrogens is 2. The van der Waals surface area contributed by atoms with Gasteiger partial charge in [-0.1, -0.05) is 12.1 Å². The van der Waals surface area contributed by atoms with Gasteiger partial charge in [0.1, 0.15) is 0 Å². The Morgan fingerprint density at radius 1 is 1.12 bits per heavy atom. The lowest BCUT2D eigenvalue weighted by Crippen LogP contribution is -2.08. The molecule has 5 heteroatoms. The smallest absolute Gasteiger partial charge is 0.362 e. The van der Waals surface area contributed by atoms with Crippen molar-refractivity contribution in [1.29, 1.82) is 0 Å². The first-order valence-corrected chi connectivity index (χ1v) is 4.65. The number of hydrogen-bond acceptors (Lipinski definition) is 5. The molecule has 1 aromatic carbocycles. The molecule has 0 saturated heterocycles. The lowest BCUT2D eigenvalue weighted by molar-refractivity contribution is 0.0589. The van der Waals surface area contributed by atoms with Crippen LogP contribution in [0.4, 0.5) is 0 Å². The number of esters is 1. The minimum Gasteiger partial charge on any atom is -0.479 e. The second-order valence-electron chi connectivity index (χ2n) is 3.06. The van der Waals surface area contributed by atoms with Crippen molar-refractivity contribution < 1.29 is 14.3 Å². The van der Waals surface area contributed by atoms with Gasteiger partial charge in [-0.15, -0.1) is 0 Å². The molecule has 1 heterocycles. The summed E-state index contributed by atoms with van der Waals surface area (Å²) in [4.78, 5) is 19.8. The van der Waals surface area contributed by atoms with Gasteiger partial charge in [0.2, 0.25) is 11.6 Å². The third-order valence-electron chi connectivity index (χ3n) is 2.11. The van der Waals surface area contributed by atoms with Gasteiger partial charge in [-0.2, -0.15) is 0 Å². The fourth-order valence-corrected chi connectivity index (χ4v) is 1.36. The maximum atomic E-state index is 11.4. The SMILES string of the molecule is COC(=O)c1nc2ccccc2nc1OC. The quantitative estimate of drug-likeness (QED) is 0.713. The van der Waals surface area contributed by atoms with E-state index in [2.05, 4.69) is 14.7 Å². The molecular formula is C11H10N2O3. The van der Waals surface area contributed by atoms with Crippen LogP contribution in [0.1, 0.15) is 10.5 Å². The fourth-order valence-electron chi connectivity index (χ4n) is 1.36. The maximum Gasteiger partial charge on any atom is 0.362 e. The van der Waals surface area contributed by atoms with Crippen molar-refractivity contribution in [3.63, 3.8) is 0 Å². The second-order valence-corrected chi connectivity index (χ2v) is 3.06. The number of carbonyl (C=O) groups is 1. The first-order chi connectivity index (χ1) is 7.76. The van der Waals surface area contributed by atoms with Gasteiger partial charge in [0.25, 0.3) is 0 Å². The van der Waals surface area contributed by atoms with E-state index in [4.69, 9.17) is 4.74 Å². The summed E-state index contributed by atoms with van der Waals surface area (Å²) in [5, 5.41) is 0. The van der Waals surface area contributed by atoms with Gasteiger partial charge in [-0.05, 0) is 12.1 Å². The average Bonchev–Trinajstić information content (AvgIpc) is 2.36. The maximum absolute atomic E-state index is 11.4. The molecule has 0 unspecified atom stereocenters. The molecule has 2 rings (SSSR count). The Hall–Kier alpha value is -2.17. The van der Waals surface area contributed by atoms with E-state index in [0.29, 0.717) is 11.0 Å². The molecular weight excluding hydrogens is 208 g/mol. The average molecular weight is 218 g/mol. The van der Waals surface area contributed by atoms with Crippen molar-refractivity contribution in [2.75, 3.05) is 14.2 Å². The number of nitrogens with zero attached hydrogens (tertiary/aromatic N) is 2. The monoisotopic (exact) mass is 218 g/mol. The summed E-state index contributed by atoms with van der Waals surface area (Å²) in [6.07, 6.45) is 0. The Kier molecular flexibility index (Phi) is 2.68. The molecule has 0 radical (unpaired) electrons. The second kappa shape index (κ2) is 4.14. The Bertz CT molecular complexity index is 540. The number of ether oxygens (including phenoxy) is 2. The molecule has 0 atom stereocenters. The largest absolute Gasteiger partial charge is 0.479 e. The molecule has 0 spiro atoms. The molecule has 82 valence electrons. The van der Waals surface area contributed by atoms with E-state index in [-0.39, 0.29) is 11.6 Å². The summed E-state index contributed by atoms with van der Waals surface area (Å²) in [5.74, 6) is -0.388. The van der Waals surface area contributed by atoms with Gasteiger partial charge in [0.05, 0.1) is 25.3 Å². The molecule has 0 aliphatic heterocycles. The Morgan fingerprint density at radius 2 is 1.75 bits per heavy atom. The highest BCUT2D eigenvalue weighted by molar-refractivity contribution is 5.92. The van der Waals surface area contributed by atoms with Gasteiger partial charge >= 0.3 is 5.97 Å². The van der Waals surface area contributed by atoms with E-state index in [0.717, 1.165) is 0 Å². The number of fused-ring (bicyclic) bond motifs is 1. The third-order valence-corrected chi connectivity index (χ3v) is 2.11. The minimum atomic E-state index is -0.560. The van der Waals surface area contributed by atoms with E-state index >= 15 is 0 Å². The van der Waals surface area contributed by atoms with Crippen LogP contribution >= 0.6 is 0 Å². The van der Waals surface area contributed by atoms with Crippen LogP contribution in [0.15, 0.2) is 24.3 Å². The Labute approximate surface area is 92.0 Å². The number of benzene rings is 1. The first kappa shape index (κ1) is 10.4. The summed E-state index contributed by atoms with van der Waals surface area (Å²) in [5.41, 5.74) is 1.39. The highest BCUT2D eigenvalue weighted by atomic mass is 16.5. The van der Waals surface area contributed by atoms with Crippen LogP contribution in [0, 0.1) is 0 Å². The number of methoxy groups -OCH3 is 2. The van der Waals surface area contributed by atoms with Crippen LogP contribution in [-0.2, 0) is 4.74 Å². The fraction of sp³-hybridized carbons (Fsp3) is 0.182. The van der Waals surface area contributed by atoms with Crippen LogP contribution in [0.5, 0.6) is 5.88 Å². The van der Waals surface area contributed by atoms with Crippen LogP contribution in [-0.4, -0.2) is 30.2 Å². The lowest BCUT2D eigenvalue weighted by atomic mass is 10.3. The van der Waals surface area contributed by atoms with Crippen molar-refractivity contribution in [2.45, 2.75) is 0 Å². The molecule has 0 aliphatic carbocycles. The number of carbonyl (C=O) groups excluding carboxylic acids is 1. The van der Waals surface area contributed by atoms with Gasteiger partial charge in [-0.3, -0.25) is 0 Å². The van der Waals surface area contributed by atoms with Crippen LogP contribution in [0.2, 0.25) is 0 Å². The van der Waals surface area contributed by atoms with Crippen LogP contribution < -0.4 is 4.74 Å². The molecule has 2 aromatic rings. The van der Waals surface area contributed by atoms with Crippen molar-refractivity contribution in [3.05, 3.63) is 30.0 Å². The summed E-state index contributed by atoms with van der Waals surface area (Å²) < 4.78 is 9.61. The molecule has 0 aliphatic rings. The number of rotatable bonds is 2. The standard InChI is InChI=1S/C11H10N2O3/c1-15-10-9(11(14)16-2)12-7-5-3-4-6-8(7)13-10/h3-6H,1-2H3. The van der Waals surface area contributed by atoms with Gasteiger partial charge < -0.3 is 9.47 Å². The van der Waals surface area contributed by atoms with Crippen molar-refractivity contribution in [2.24, 2.45) is 0 Å². The molecule has 0 saturated carbocycles. The third kappa shape index (κ3) is 1.67. The lowest BCUT2D eigenvalue weighted by Gasteiger charge is -2.06. The Morgan fingerprint density at radius 3 is 2.31 bits per heavy atom. The summed E-state index contributed by atoms with van der Waals surface area (Å²) in [7, 11) is 2.73. The zero-order chi connectivity index (χ0) is 11.5. The molecule has 0 fully saturated rings. The molecule has 1 aromatic heterocycles. The molecule has 16 heavy (non-hydrogen) atoms. The van der Waals surface area contributed by atoms with Crippen LogP contribution in [0.3, 0.4) is 0 Å². The summed E-state index contributed by atoms with van der Waals surface area (Å²) in [6, 6.07) is 7.24. The van der Waals surface area contributed by atoms with Gasteiger partial charge in [0, 0.05) is 0 Å². The topological polar surface area (TPSA) is 61.3 Å². The van der Waals surface area contributed by atoms with E-state index in [1.54, 1.807) is 12.1 Å².